The van der Waals surface area contributed by atoms with Gasteiger partial charge in [-0.3, -0.25) is 14.6 Å². The van der Waals surface area contributed by atoms with E-state index >= 15 is 0 Å². The average Bonchev–Trinajstić information content (AvgIpc) is 4.16. The summed E-state index contributed by atoms with van der Waals surface area (Å²) in [5.41, 5.74) is 7.69. The van der Waals surface area contributed by atoms with E-state index in [1.54, 1.807) is 12.1 Å². The number of imidazole rings is 1. The molecule has 0 bridgehead atoms. The van der Waals surface area contributed by atoms with Crippen LogP contribution in [-0.4, -0.2) is 96.0 Å². The van der Waals surface area contributed by atoms with Gasteiger partial charge in [0.05, 0.1) is 45.3 Å². The molecule has 5 aromatic rings. The first-order valence-electron chi connectivity index (χ1n) is 21.4. The third-order valence-corrected chi connectivity index (χ3v) is 12.4. The first kappa shape index (κ1) is 42.7. The number of rotatable bonds is 12. The van der Waals surface area contributed by atoms with Crippen LogP contribution in [0, 0.1) is 5.92 Å². The second-order valence-corrected chi connectivity index (χ2v) is 16.5. The van der Waals surface area contributed by atoms with E-state index in [0.29, 0.717) is 30.8 Å². The Kier molecular flexibility index (Phi) is 12.6. The second-order valence-electron chi connectivity index (χ2n) is 16.5. The van der Waals surface area contributed by atoms with Gasteiger partial charge in [-0.2, -0.15) is 0 Å². The van der Waals surface area contributed by atoms with Crippen LogP contribution in [0.5, 0.6) is 5.75 Å². The Morgan fingerprint density at radius 1 is 0.730 bits per heavy atom. The molecular formula is C49H53N7O7. The van der Waals surface area contributed by atoms with Crippen molar-refractivity contribution in [3.05, 3.63) is 114 Å². The number of ether oxygens (including phenoxy) is 3. The second kappa shape index (κ2) is 18.6. The Hall–Kier alpha value is -6.96. The maximum Gasteiger partial charge on any atom is 0.407 e. The van der Waals surface area contributed by atoms with E-state index in [1.807, 2.05) is 48.2 Å². The molecule has 4 atom stereocenters. The van der Waals surface area contributed by atoms with Crippen molar-refractivity contribution in [2.45, 2.75) is 70.1 Å². The molecular weight excluding hydrogens is 799 g/mol. The standard InChI is InChI=1S/C49H53N7O7/c1-29(2)43(53-48(59)62-4)46(57)56-23-9-12-41(56)45-51-28-39(52-45)35-21-20-33-24-32(18-19-34(33)25-35)30-14-16-31(17-15-30)36-26-38(50-27-36)40-11-8-22-55(40)47(58)44(54-49(60)63-5)37-10-6-7-13-42(37)61-3/h6-7,10,13-21,24-25,27-29,40-41,43-44H,8-9,11-12,22-23,26H2,1-5H3,(H,51,52)(H,53,59)(H,54,60)/t40-,41-,43-,44+/m0/s1. The number of allylic oxidation sites excluding steroid dienone is 1. The number of aliphatic imine (C=N–C) groups is 1. The first-order chi connectivity index (χ1) is 30.6. The van der Waals surface area contributed by atoms with Crippen LogP contribution >= 0.6 is 0 Å². The SMILES string of the molecule is COC(=O)N[C@H](C(=O)N1CCC[C@H]1c1ncc(-c2ccc3cc(-c4ccc(C5=CN=C([C@@H]6CCCN6C(=O)[C@H](NC(=O)OC)c6ccccc6OC)C5)cc4)ccc3c2)[nH]1)C(C)C. The molecule has 8 rings (SSSR count). The van der Waals surface area contributed by atoms with Gasteiger partial charge in [0.25, 0.3) is 5.91 Å². The number of H-pyrrole nitrogens is 1. The van der Waals surface area contributed by atoms with Gasteiger partial charge in [0.1, 0.15) is 23.7 Å². The number of amides is 4. The van der Waals surface area contributed by atoms with Crippen molar-refractivity contribution in [1.82, 2.24) is 30.4 Å². The quantitative estimate of drug-likeness (QED) is 0.113. The van der Waals surface area contributed by atoms with E-state index in [2.05, 4.69) is 76.3 Å². The summed E-state index contributed by atoms with van der Waals surface area (Å²) in [6, 6.07) is 26.4. The number of nitrogens with one attached hydrogen (secondary N) is 3. The number of aromatic amines is 1. The van der Waals surface area contributed by atoms with E-state index in [-0.39, 0.29) is 29.8 Å². The molecule has 0 spiro atoms. The average molecular weight is 852 g/mol. The van der Waals surface area contributed by atoms with Gasteiger partial charge in [-0.15, -0.1) is 0 Å². The molecule has 14 heteroatoms. The number of benzene rings is 4. The van der Waals surface area contributed by atoms with Crippen molar-refractivity contribution in [3.8, 4) is 28.1 Å². The number of methoxy groups -OCH3 is 3. The maximum atomic E-state index is 14.2. The van der Waals surface area contributed by atoms with Crippen molar-refractivity contribution in [2.24, 2.45) is 10.9 Å². The number of carbonyl (C=O) groups is 4. The summed E-state index contributed by atoms with van der Waals surface area (Å²) in [7, 11) is 4.11. The van der Waals surface area contributed by atoms with Gasteiger partial charge < -0.3 is 39.6 Å². The summed E-state index contributed by atoms with van der Waals surface area (Å²) < 4.78 is 15.2. The van der Waals surface area contributed by atoms with Gasteiger partial charge in [0.15, 0.2) is 0 Å². The fourth-order valence-electron chi connectivity index (χ4n) is 9.04. The maximum absolute atomic E-state index is 14.2. The predicted octanol–water partition coefficient (Wildman–Crippen LogP) is 8.22. The Balaban J connectivity index is 0.919. The third kappa shape index (κ3) is 8.88. The lowest BCUT2D eigenvalue weighted by Crippen LogP contribution is -2.51. The number of hydrogen-bond acceptors (Lipinski definition) is 9. The molecule has 3 aliphatic heterocycles. The summed E-state index contributed by atoms with van der Waals surface area (Å²) in [5, 5.41) is 7.63. The summed E-state index contributed by atoms with van der Waals surface area (Å²) in [6.07, 6.45) is 6.27. The van der Waals surface area contributed by atoms with E-state index < -0.39 is 24.3 Å². The molecule has 63 heavy (non-hydrogen) atoms. The predicted molar refractivity (Wildman–Crippen MR) is 241 cm³/mol. The minimum Gasteiger partial charge on any atom is -0.496 e. The van der Waals surface area contributed by atoms with Gasteiger partial charge in [-0.1, -0.05) is 80.6 Å². The highest BCUT2D eigenvalue weighted by Crippen LogP contribution is 2.36. The van der Waals surface area contributed by atoms with Gasteiger partial charge in [0.2, 0.25) is 5.91 Å². The molecule has 3 aliphatic rings. The van der Waals surface area contributed by atoms with Gasteiger partial charge >= 0.3 is 12.2 Å². The largest absolute Gasteiger partial charge is 0.496 e. The Labute approximate surface area is 366 Å². The molecule has 4 aromatic carbocycles. The van der Waals surface area contributed by atoms with Gasteiger partial charge in [0, 0.05) is 42.5 Å². The van der Waals surface area contributed by atoms with Crippen LogP contribution in [0.3, 0.4) is 0 Å². The number of alkyl carbamates (subject to hydrolysis) is 2. The number of hydrogen-bond donors (Lipinski definition) is 3. The topological polar surface area (TPSA) is 168 Å². The molecule has 3 N–H and O–H groups in total. The molecule has 14 nitrogen and oxygen atoms in total. The molecule has 2 fully saturated rings. The minimum atomic E-state index is -0.977. The van der Waals surface area contributed by atoms with Crippen LogP contribution in [0.25, 0.3) is 38.7 Å². The lowest BCUT2D eigenvalue weighted by atomic mass is 9.95. The number of para-hydroxylation sites is 1. The van der Waals surface area contributed by atoms with Crippen LogP contribution in [-0.2, 0) is 19.1 Å². The summed E-state index contributed by atoms with van der Waals surface area (Å²) >= 11 is 0. The zero-order valence-electron chi connectivity index (χ0n) is 36.2. The van der Waals surface area contributed by atoms with E-state index in [9.17, 15) is 19.2 Å². The van der Waals surface area contributed by atoms with Crippen LogP contribution in [0.4, 0.5) is 9.59 Å². The summed E-state index contributed by atoms with van der Waals surface area (Å²) in [5.74, 6) is 0.751. The molecule has 4 heterocycles. The molecule has 326 valence electrons. The zero-order chi connectivity index (χ0) is 44.2. The number of aromatic nitrogens is 2. The number of nitrogens with zero attached hydrogens (tertiary/aromatic N) is 4. The summed E-state index contributed by atoms with van der Waals surface area (Å²) in [6.45, 7) is 4.96. The highest BCUT2D eigenvalue weighted by molar-refractivity contribution is 6.04. The van der Waals surface area contributed by atoms with Crippen LogP contribution in [0.15, 0.2) is 102 Å². The van der Waals surface area contributed by atoms with Crippen LogP contribution < -0.4 is 15.4 Å². The van der Waals surface area contributed by atoms with Crippen LogP contribution in [0.2, 0.25) is 0 Å². The number of carbonyl (C=O) groups excluding carboxylic acids is 4. The van der Waals surface area contributed by atoms with Crippen molar-refractivity contribution >= 4 is 46.1 Å². The molecule has 0 unspecified atom stereocenters. The third-order valence-electron chi connectivity index (χ3n) is 12.4. The normalized spacial score (nSPS) is 18.2. The molecule has 1 aromatic heterocycles. The fraction of sp³-hybridized carbons (Fsp3) is 0.347. The zero-order valence-corrected chi connectivity index (χ0v) is 36.2. The monoisotopic (exact) mass is 851 g/mol. The Morgan fingerprint density at radius 3 is 2.05 bits per heavy atom. The smallest absolute Gasteiger partial charge is 0.407 e. The van der Waals surface area contributed by atoms with Crippen LogP contribution in [0.1, 0.15) is 75.0 Å². The Bertz CT molecular complexity index is 2580. The molecule has 0 radical (unpaired) electrons. The molecule has 0 aliphatic carbocycles. The van der Waals surface area contributed by atoms with Crippen molar-refractivity contribution in [3.63, 3.8) is 0 Å². The van der Waals surface area contributed by atoms with E-state index in [4.69, 9.17) is 24.2 Å². The lowest BCUT2D eigenvalue weighted by Gasteiger charge is -2.30. The van der Waals surface area contributed by atoms with E-state index in [1.165, 1.54) is 21.3 Å². The van der Waals surface area contributed by atoms with Crippen molar-refractivity contribution in [1.29, 1.82) is 0 Å². The Morgan fingerprint density at radius 2 is 1.35 bits per heavy atom. The van der Waals surface area contributed by atoms with Gasteiger partial charge in [-0.25, -0.2) is 14.6 Å². The number of likely N-dealkylation sites (tertiary alicyclic amines) is 2. The molecule has 2 saturated heterocycles. The number of fused-ring (bicyclic) bond motifs is 1. The molecule has 4 amide bonds. The van der Waals surface area contributed by atoms with E-state index in [0.717, 1.165) is 81.5 Å². The van der Waals surface area contributed by atoms with Crippen molar-refractivity contribution in [2.75, 3.05) is 34.4 Å². The fourth-order valence-corrected chi connectivity index (χ4v) is 9.04. The lowest BCUT2D eigenvalue weighted by molar-refractivity contribution is -0.135. The minimum absolute atomic E-state index is 0.109. The van der Waals surface area contributed by atoms with Gasteiger partial charge in [-0.05, 0) is 82.8 Å². The highest BCUT2D eigenvalue weighted by Gasteiger charge is 2.40. The van der Waals surface area contributed by atoms with Crippen molar-refractivity contribution < 1.29 is 33.4 Å². The molecule has 0 saturated carbocycles. The summed E-state index contributed by atoms with van der Waals surface area (Å²) in [4.78, 5) is 68.8. The highest BCUT2D eigenvalue weighted by atomic mass is 16.5. The first-order valence-corrected chi connectivity index (χ1v) is 21.4.